The highest BCUT2D eigenvalue weighted by Crippen LogP contribution is 2.27. The summed E-state index contributed by atoms with van der Waals surface area (Å²) in [4.78, 5) is 23.1. The van der Waals surface area contributed by atoms with E-state index in [4.69, 9.17) is 26.4 Å². The number of fused-ring (bicyclic) bond motifs is 1. The van der Waals surface area contributed by atoms with Crippen LogP contribution in [0.4, 0.5) is 0 Å². The summed E-state index contributed by atoms with van der Waals surface area (Å²) in [5.41, 5.74) is 5.26. The predicted octanol–water partition coefficient (Wildman–Crippen LogP) is 5.93. The second kappa shape index (κ2) is 11.7. The first-order chi connectivity index (χ1) is 18.9. The van der Waals surface area contributed by atoms with E-state index in [-0.39, 0.29) is 5.91 Å². The van der Waals surface area contributed by atoms with E-state index >= 15 is 0 Å². The molecule has 0 aliphatic rings. The van der Waals surface area contributed by atoms with Crippen LogP contribution in [0.5, 0.6) is 5.75 Å². The van der Waals surface area contributed by atoms with Crippen molar-refractivity contribution in [2.24, 2.45) is 0 Å². The van der Waals surface area contributed by atoms with Gasteiger partial charge in [0.25, 0.3) is 5.91 Å². The lowest BCUT2D eigenvalue weighted by Gasteiger charge is -2.25. The quantitative estimate of drug-likeness (QED) is 0.232. The Kier molecular flexibility index (Phi) is 7.91. The zero-order valence-corrected chi connectivity index (χ0v) is 23.0. The van der Waals surface area contributed by atoms with Gasteiger partial charge in [0.2, 0.25) is 0 Å². The van der Waals surface area contributed by atoms with E-state index in [2.05, 4.69) is 4.90 Å². The zero-order valence-electron chi connectivity index (χ0n) is 22.2. The lowest BCUT2D eigenvalue weighted by molar-refractivity contribution is 0.0723. The van der Waals surface area contributed by atoms with E-state index in [9.17, 15) is 4.79 Å². The van der Waals surface area contributed by atoms with Crippen molar-refractivity contribution in [2.45, 2.75) is 6.54 Å². The van der Waals surface area contributed by atoms with E-state index in [0.717, 1.165) is 29.0 Å². The van der Waals surface area contributed by atoms with E-state index in [0.29, 0.717) is 40.8 Å². The van der Waals surface area contributed by atoms with Crippen LogP contribution < -0.4 is 4.74 Å². The number of methoxy groups -OCH3 is 1. The third-order valence-corrected chi connectivity index (χ3v) is 6.74. The maximum atomic E-state index is 14.2. The van der Waals surface area contributed by atoms with Gasteiger partial charge in [-0.3, -0.25) is 4.79 Å². The number of hydrogen-bond donors (Lipinski definition) is 0. The van der Waals surface area contributed by atoms with Crippen LogP contribution in [-0.2, 0) is 6.54 Å². The van der Waals surface area contributed by atoms with Gasteiger partial charge >= 0.3 is 0 Å². The highest BCUT2D eigenvalue weighted by Gasteiger charge is 2.23. The second-order valence-corrected chi connectivity index (χ2v) is 10.0. The number of benzene rings is 3. The van der Waals surface area contributed by atoms with Crippen LogP contribution in [-0.4, -0.2) is 64.6 Å². The minimum Gasteiger partial charge on any atom is -0.497 e. The summed E-state index contributed by atoms with van der Waals surface area (Å²) in [7, 11) is 5.64. The molecule has 0 atom stereocenters. The third kappa shape index (κ3) is 6.11. The van der Waals surface area contributed by atoms with Crippen LogP contribution in [0.25, 0.3) is 28.2 Å². The molecule has 0 saturated carbocycles. The average Bonchev–Trinajstić information content (AvgIpc) is 3.39. The molecule has 0 N–H and O–H groups in total. The van der Waals surface area contributed by atoms with E-state index in [1.807, 2.05) is 110 Å². The van der Waals surface area contributed by atoms with Gasteiger partial charge in [0.05, 0.1) is 18.5 Å². The first-order valence-corrected chi connectivity index (χ1v) is 13.1. The normalized spacial score (nSPS) is 11.2. The molecule has 0 aliphatic carbocycles. The SMILES string of the molecule is COc1ccc(-c2cc(C(=O)N(CCN(C)C)Cc3ccccc3)n3nc(-c4ccc(Cl)cc4)cc3n2)cc1. The molecular formula is C31H30ClN5O2. The second-order valence-electron chi connectivity index (χ2n) is 9.58. The van der Waals surface area contributed by atoms with Gasteiger partial charge in [-0.05, 0) is 62.1 Å². The Balaban J connectivity index is 1.62. The van der Waals surface area contributed by atoms with Crippen molar-refractivity contribution in [3.05, 3.63) is 107 Å². The van der Waals surface area contributed by atoms with Gasteiger partial charge in [0.1, 0.15) is 11.4 Å². The van der Waals surface area contributed by atoms with E-state index in [1.54, 1.807) is 11.6 Å². The van der Waals surface area contributed by atoms with Gasteiger partial charge in [-0.1, -0.05) is 54.1 Å². The Morgan fingerprint density at radius 2 is 1.54 bits per heavy atom. The number of nitrogens with zero attached hydrogens (tertiary/aromatic N) is 5. The number of carbonyl (C=O) groups excluding carboxylic acids is 1. The fourth-order valence-corrected chi connectivity index (χ4v) is 4.46. The van der Waals surface area contributed by atoms with Crippen LogP contribution in [0.1, 0.15) is 16.1 Å². The summed E-state index contributed by atoms with van der Waals surface area (Å²) >= 11 is 6.11. The van der Waals surface area contributed by atoms with Crippen LogP contribution in [0, 0.1) is 0 Å². The molecule has 198 valence electrons. The van der Waals surface area contributed by atoms with Crippen molar-refractivity contribution in [1.29, 1.82) is 0 Å². The summed E-state index contributed by atoms with van der Waals surface area (Å²) in [6, 6.07) is 28.9. The van der Waals surface area contributed by atoms with Gasteiger partial charge in [-0.25, -0.2) is 9.50 Å². The molecule has 5 aromatic rings. The number of aromatic nitrogens is 3. The van der Waals surface area contributed by atoms with Gasteiger partial charge < -0.3 is 14.5 Å². The minimum atomic E-state index is -0.117. The molecule has 0 aliphatic heterocycles. The van der Waals surface area contributed by atoms with Gasteiger partial charge in [0, 0.05) is 41.9 Å². The van der Waals surface area contributed by atoms with Crippen molar-refractivity contribution in [2.75, 3.05) is 34.3 Å². The minimum absolute atomic E-state index is 0.117. The smallest absolute Gasteiger partial charge is 0.273 e. The number of carbonyl (C=O) groups is 1. The molecule has 0 saturated heterocycles. The Bertz CT molecular complexity index is 1570. The number of ether oxygens (including phenoxy) is 1. The number of hydrogen-bond acceptors (Lipinski definition) is 5. The van der Waals surface area contributed by atoms with Crippen LogP contribution in [0.3, 0.4) is 0 Å². The molecule has 5 rings (SSSR count). The fraction of sp³-hybridized carbons (Fsp3) is 0.194. The number of rotatable bonds is 9. The largest absolute Gasteiger partial charge is 0.497 e. The van der Waals surface area contributed by atoms with Crippen LogP contribution in [0.2, 0.25) is 5.02 Å². The molecule has 7 nitrogen and oxygen atoms in total. The molecule has 0 unspecified atom stereocenters. The Morgan fingerprint density at radius 1 is 0.872 bits per heavy atom. The summed E-state index contributed by atoms with van der Waals surface area (Å²) < 4.78 is 6.97. The van der Waals surface area contributed by atoms with Crippen molar-refractivity contribution < 1.29 is 9.53 Å². The lowest BCUT2D eigenvalue weighted by Crippen LogP contribution is -2.37. The Morgan fingerprint density at radius 3 is 2.21 bits per heavy atom. The van der Waals surface area contributed by atoms with E-state index < -0.39 is 0 Å². The summed E-state index contributed by atoms with van der Waals surface area (Å²) in [6.45, 7) is 1.78. The molecule has 3 aromatic carbocycles. The van der Waals surface area contributed by atoms with Crippen LogP contribution in [0.15, 0.2) is 91.0 Å². The summed E-state index contributed by atoms with van der Waals surface area (Å²) in [5, 5.41) is 5.46. The summed E-state index contributed by atoms with van der Waals surface area (Å²) in [5.74, 6) is 0.636. The lowest BCUT2D eigenvalue weighted by atomic mass is 10.1. The first-order valence-electron chi connectivity index (χ1n) is 12.7. The highest BCUT2D eigenvalue weighted by atomic mass is 35.5. The molecule has 0 fully saturated rings. The third-order valence-electron chi connectivity index (χ3n) is 6.49. The maximum Gasteiger partial charge on any atom is 0.273 e. The number of likely N-dealkylation sites (N-methyl/N-ethyl adjacent to an activating group) is 1. The van der Waals surface area contributed by atoms with Crippen LogP contribution >= 0.6 is 11.6 Å². The first kappa shape index (κ1) is 26.4. The summed E-state index contributed by atoms with van der Waals surface area (Å²) in [6.07, 6.45) is 0. The van der Waals surface area contributed by atoms with Gasteiger partial charge in [0.15, 0.2) is 5.65 Å². The molecule has 0 spiro atoms. The molecule has 8 heteroatoms. The molecule has 39 heavy (non-hydrogen) atoms. The zero-order chi connectivity index (χ0) is 27.4. The molecule has 2 aromatic heterocycles. The average molecular weight is 540 g/mol. The molecule has 0 radical (unpaired) electrons. The van der Waals surface area contributed by atoms with Gasteiger partial charge in [-0.15, -0.1) is 0 Å². The predicted molar refractivity (Wildman–Crippen MR) is 155 cm³/mol. The molecule has 2 heterocycles. The Hall–Kier alpha value is -4.20. The standard InChI is InChI=1S/C31H30ClN5O2/c1-35(2)17-18-36(21-22-7-5-4-6-8-22)31(38)29-19-27(23-11-15-26(39-3)16-12-23)33-30-20-28(34-37(29)30)24-9-13-25(32)14-10-24/h4-16,19-20H,17-18,21H2,1-3H3. The fourth-order valence-electron chi connectivity index (χ4n) is 4.34. The molecule has 0 bridgehead atoms. The van der Waals surface area contributed by atoms with E-state index in [1.165, 1.54) is 0 Å². The van der Waals surface area contributed by atoms with Crippen molar-refractivity contribution in [3.63, 3.8) is 0 Å². The molecular weight excluding hydrogens is 510 g/mol. The number of amides is 1. The monoisotopic (exact) mass is 539 g/mol. The Labute approximate surface area is 233 Å². The highest BCUT2D eigenvalue weighted by molar-refractivity contribution is 6.30. The number of halogens is 1. The van der Waals surface area contributed by atoms with Crippen molar-refractivity contribution in [1.82, 2.24) is 24.4 Å². The van der Waals surface area contributed by atoms with Crippen molar-refractivity contribution in [3.8, 4) is 28.3 Å². The topological polar surface area (TPSA) is 63.0 Å². The van der Waals surface area contributed by atoms with Gasteiger partial charge in [-0.2, -0.15) is 5.10 Å². The van der Waals surface area contributed by atoms with Crippen molar-refractivity contribution >= 4 is 23.2 Å². The maximum absolute atomic E-state index is 14.2. The molecule has 1 amide bonds.